The number of aliphatic hydroxyl groups is 1. The molecule has 0 aliphatic rings. The third-order valence-corrected chi connectivity index (χ3v) is 2.00. The predicted molar refractivity (Wildman–Crippen MR) is 45.3 cm³/mol. The SMILES string of the molecule is Cc1ncc(CC(O)C(=O)O)n1C. The molecular formula is C8H12N2O3. The molecule has 1 heterocycles. The molecule has 0 amide bonds. The Labute approximate surface area is 75.6 Å². The third-order valence-electron chi connectivity index (χ3n) is 2.00. The highest BCUT2D eigenvalue weighted by molar-refractivity contribution is 5.72. The van der Waals surface area contributed by atoms with E-state index in [0.29, 0.717) is 5.69 Å². The number of aromatic nitrogens is 2. The number of carboxylic acids is 1. The van der Waals surface area contributed by atoms with Gasteiger partial charge in [0.25, 0.3) is 0 Å². The summed E-state index contributed by atoms with van der Waals surface area (Å²) in [6.07, 6.45) is 0.309. The summed E-state index contributed by atoms with van der Waals surface area (Å²) in [4.78, 5) is 14.3. The molecular weight excluding hydrogens is 172 g/mol. The van der Waals surface area contributed by atoms with Crippen LogP contribution < -0.4 is 0 Å². The van der Waals surface area contributed by atoms with Gasteiger partial charge in [0.2, 0.25) is 0 Å². The van der Waals surface area contributed by atoms with E-state index in [0.717, 1.165) is 5.82 Å². The van der Waals surface area contributed by atoms with Crippen molar-refractivity contribution in [2.75, 3.05) is 0 Å². The number of aliphatic hydroxyl groups excluding tert-OH is 1. The topological polar surface area (TPSA) is 75.3 Å². The van der Waals surface area contributed by atoms with Gasteiger partial charge in [-0.3, -0.25) is 0 Å². The van der Waals surface area contributed by atoms with Crippen LogP contribution in [0, 0.1) is 6.92 Å². The fraction of sp³-hybridized carbons (Fsp3) is 0.500. The minimum absolute atomic E-state index is 0.0900. The molecule has 1 aromatic rings. The molecule has 5 heteroatoms. The summed E-state index contributed by atoms with van der Waals surface area (Å²) in [5.41, 5.74) is 0.715. The number of imidazole rings is 1. The molecule has 72 valence electrons. The Morgan fingerprint density at radius 1 is 1.77 bits per heavy atom. The second kappa shape index (κ2) is 3.57. The van der Waals surface area contributed by atoms with Crippen LogP contribution >= 0.6 is 0 Å². The lowest BCUT2D eigenvalue weighted by atomic mass is 10.2. The molecule has 13 heavy (non-hydrogen) atoms. The maximum absolute atomic E-state index is 10.3. The van der Waals surface area contributed by atoms with E-state index in [1.54, 1.807) is 17.8 Å². The largest absolute Gasteiger partial charge is 0.479 e. The minimum atomic E-state index is -1.35. The number of hydrogen-bond donors (Lipinski definition) is 2. The van der Waals surface area contributed by atoms with Crippen LogP contribution in [0.3, 0.4) is 0 Å². The van der Waals surface area contributed by atoms with Crippen LogP contribution in [0.4, 0.5) is 0 Å². The maximum Gasteiger partial charge on any atom is 0.332 e. The first-order chi connectivity index (χ1) is 6.02. The monoisotopic (exact) mass is 184 g/mol. The van der Waals surface area contributed by atoms with Crippen molar-refractivity contribution in [3.63, 3.8) is 0 Å². The van der Waals surface area contributed by atoms with Crippen LogP contribution in [-0.2, 0) is 18.3 Å². The summed E-state index contributed by atoms with van der Waals surface area (Å²) in [6.45, 7) is 1.82. The van der Waals surface area contributed by atoms with Gasteiger partial charge in [-0.2, -0.15) is 0 Å². The van der Waals surface area contributed by atoms with E-state index in [2.05, 4.69) is 4.98 Å². The zero-order valence-corrected chi connectivity index (χ0v) is 7.56. The van der Waals surface area contributed by atoms with Gasteiger partial charge >= 0.3 is 5.97 Å². The second-order valence-corrected chi connectivity index (χ2v) is 2.91. The molecule has 0 spiro atoms. The quantitative estimate of drug-likeness (QED) is 0.677. The number of aryl methyl sites for hydroxylation is 1. The van der Waals surface area contributed by atoms with Crippen molar-refractivity contribution < 1.29 is 15.0 Å². The summed E-state index contributed by atoms with van der Waals surface area (Å²) in [7, 11) is 1.78. The smallest absolute Gasteiger partial charge is 0.332 e. The highest BCUT2D eigenvalue weighted by atomic mass is 16.4. The standard InChI is InChI=1S/C8H12N2O3/c1-5-9-4-6(10(5)2)3-7(11)8(12)13/h4,7,11H,3H2,1-2H3,(H,12,13). The van der Waals surface area contributed by atoms with Crippen molar-refractivity contribution in [3.8, 4) is 0 Å². The summed E-state index contributed by atoms with van der Waals surface area (Å²) in [6, 6.07) is 0. The lowest BCUT2D eigenvalue weighted by molar-refractivity contribution is -0.146. The van der Waals surface area contributed by atoms with Crippen molar-refractivity contribution in [1.82, 2.24) is 9.55 Å². The highest BCUT2D eigenvalue weighted by Gasteiger charge is 2.15. The van der Waals surface area contributed by atoms with Crippen LogP contribution in [0.5, 0.6) is 0 Å². The van der Waals surface area contributed by atoms with Crippen LogP contribution in [0.1, 0.15) is 11.5 Å². The Hall–Kier alpha value is -1.36. The average Bonchev–Trinajstić information content (AvgIpc) is 2.36. The predicted octanol–water partition coefficient (Wildman–Crippen LogP) is -0.283. The van der Waals surface area contributed by atoms with Gasteiger partial charge in [-0.1, -0.05) is 0 Å². The summed E-state index contributed by atoms with van der Waals surface area (Å²) in [5, 5.41) is 17.5. The number of nitrogens with zero attached hydrogens (tertiary/aromatic N) is 2. The molecule has 1 aromatic heterocycles. The highest BCUT2D eigenvalue weighted by Crippen LogP contribution is 2.05. The molecule has 1 unspecified atom stereocenters. The normalized spacial score (nSPS) is 12.8. The number of carbonyl (C=O) groups is 1. The van der Waals surface area contributed by atoms with Crippen molar-refractivity contribution in [3.05, 3.63) is 17.7 Å². The molecule has 0 radical (unpaired) electrons. The Balaban J connectivity index is 2.74. The van der Waals surface area contributed by atoms with E-state index >= 15 is 0 Å². The third kappa shape index (κ3) is 2.06. The van der Waals surface area contributed by atoms with E-state index in [9.17, 15) is 4.79 Å². The molecule has 0 aromatic carbocycles. The van der Waals surface area contributed by atoms with E-state index < -0.39 is 12.1 Å². The van der Waals surface area contributed by atoms with E-state index in [1.165, 1.54) is 0 Å². The van der Waals surface area contributed by atoms with Crippen LogP contribution in [0.25, 0.3) is 0 Å². The van der Waals surface area contributed by atoms with E-state index in [4.69, 9.17) is 10.2 Å². The van der Waals surface area contributed by atoms with Crippen molar-refractivity contribution >= 4 is 5.97 Å². The van der Waals surface area contributed by atoms with Crippen molar-refractivity contribution in [1.29, 1.82) is 0 Å². The lowest BCUT2D eigenvalue weighted by Gasteiger charge is -2.06. The molecule has 0 aliphatic heterocycles. The zero-order valence-electron chi connectivity index (χ0n) is 7.56. The Bertz CT molecular complexity index is 319. The fourth-order valence-electron chi connectivity index (χ4n) is 1.02. The Kier molecular flexibility index (Phi) is 2.67. The van der Waals surface area contributed by atoms with Gasteiger partial charge in [-0.25, -0.2) is 9.78 Å². The summed E-state index contributed by atoms with van der Waals surface area (Å²) < 4.78 is 1.76. The van der Waals surface area contributed by atoms with Gasteiger partial charge in [0.05, 0.1) is 0 Å². The number of rotatable bonds is 3. The fourth-order valence-corrected chi connectivity index (χ4v) is 1.02. The number of carboxylic acid groups (broad SMARTS) is 1. The van der Waals surface area contributed by atoms with Gasteiger partial charge < -0.3 is 14.8 Å². The van der Waals surface area contributed by atoms with Crippen LogP contribution in [-0.4, -0.2) is 31.8 Å². The van der Waals surface area contributed by atoms with E-state index in [1.807, 2.05) is 6.92 Å². The maximum atomic E-state index is 10.3. The first-order valence-corrected chi connectivity index (χ1v) is 3.90. The molecule has 0 saturated carbocycles. The van der Waals surface area contributed by atoms with Crippen LogP contribution in [0.15, 0.2) is 6.20 Å². The molecule has 1 atom stereocenters. The van der Waals surface area contributed by atoms with E-state index in [-0.39, 0.29) is 6.42 Å². The first-order valence-electron chi connectivity index (χ1n) is 3.90. The molecule has 0 aliphatic carbocycles. The average molecular weight is 184 g/mol. The lowest BCUT2D eigenvalue weighted by Crippen LogP contribution is -2.23. The van der Waals surface area contributed by atoms with Crippen LogP contribution in [0.2, 0.25) is 0 Å². The molecule has 0 saturated heterocycles. The van der Waals surface area contributed by atoms with Gasteiger partial charge in [0.1, 0.15) is 5.82 Å². The second-order valence-electron chi connectivity index (χ2n) is 2.91. The van der Waals surface area contributed by atoms with Gasteiger partial charge in [0, 0.05) is 25.4 Å². The number of aliphatic carboxylic acids is 1. The molecule has 5 nitrogen and oxygen atoms in total. The van der Waals surface area contributed by atoms with Crippen molar-refractivity contribution in [2.24, 2.45) is 7.05 Å². The Morgan fingerprint density at radius 3 is 2.77 bits per heavy atom. The van der Waals surface area contributed by atoms with Crippen molar-refractivity contribution in [2.45, 2.75) is 19.4 Å². The summed E-state index contributed by atoms with van der Waals surface area (Å²) in [5.74, 6) is -0.411. The molecule has 1 rings (SSSR count). The first kappa shape index (κ1) is 9.73. The van der Waals surface area contributed by atoms with Gasteiger partial charge in [-0.15, -0.1) is 0 Å². The zero-order chi connectivity index (χ0) is 10.0. The Morgan fingerprint density at radius 2 is 2.38 bits per heavy atom. The molecule has 0 fully saturated rings. The van der Waals surface area contributed by atoms with Gasteiger partial charge in [-0.05, 0) is 6.92 Å². The van der Waals surface area contributed by atoms with Gasteiger partial charge in [0.15, 0.2) is 6.10 Å². The number of hydrogen-bond acceptors (Lipinski definition) is 3. The summed E-state index contributed by atoms with van der Waals surface area (Å²) >= 11 is 0. The molecule has 2 N–H and O–H groups in total. The molecule has 0 bridgehead atoms. The minimum Gasteiger partial charge on any atom is -0.479 e.